The quantitative estimate of drug-likeness (QED) is 0.704. The van der Waals surface area contributed by atoms with Gasteiger partial charge >= 0.3 is 12.0 Å². The van der Waals surface area contributed by atoms with Crippen molar-refractivity contribution >= 4 is 41.1 Å². The zero-order chi connectivity index (χ0) is 16.8. The summed E-state index contributed by atoms with van der Waals surface area (Å²) in [4.78, 5) is 35.0. The molecule has 3 amide bonds. The number of imide groups is 1. The average Bonchev–Trinajstić information content (AvgIpc) is 3.18. The number of nitrogens with one attached hydrogen (secondary N) is 2. The number of carboxylic acid groups (broad SMARTS) is 1. The minimum Gasteiger partial charge on any atom is -0.481 e. The number of urea groups is 1. The Bertz CT molecular complexity index is 688. The van der Waals surface area contributed by atoms with Crippen molar-refractivity contribution in [1.82, 2.24) is 10.6 Å². The second-order valence-electron chi connectivity index (χ2n) is 5.94. The van der Waals surface area contributed by atoms with Crippen LogP contribution in [-0.4, -0.2) is 28.6 Å². The van der Waals surface area contributed by atoms with Gasteiger partial charge in [-0.2, -0.15) is 0 Å². The van der Waals surface area contributed by atoms with Crippen molar-refractivity contribution in [3.8, 4) is 0 Å². The number of amides is 3. The van der Waals surface area contributed by atoms with E-state index in [-0.39, 0.29) is 6.42 Å². The Morgan fingerprint density at radius 2 is 1.91 bits per heavy atom. The lowest BCUT2D eigenvalue weighted by Gasteiger charge is -2.26. The second kappa shape index (κ2) is 5.69. The number of carbonyl (C=O) groups is 3. The number of aliphatic carboxylic acids is 1. The topological polar surface area (TPSA) is 95.5 Å². The highest BCUT2D eigenvalue weighted by atomic mass is 35.5. The Morgan fingerprint density at radius 1 is 1.26 bits per heavy atom. The molecule has 122 valence electrons. The van der Waals surface area contributed by atoms with Crippen LogP contribution < -0.4 is 10.6 Å². The minimum absolute atomic E-state index is 0.287. The second-order valence-corrected chi connectivity index (χ2v) is 6.82. The van der Waals surface area contributed by atoms with Gasteiger partial charge in [0.2, 0.25) is 0 Å². The van der Waals surface area contributed by atoms with Gasteiger partial charge in [-0.3, -0.25) is 14.9 Å². The summed E-state index contributed by atoms with van der Waals surface area (Å²) in [5.41, 5.74) is -0.363. The first-order chi connectivity index (χ1) is 10.8. The first kappa shape index (κ1) is 16.1. The predicted octanol–water partition coefficient (Wildman–Crippen LogP) is 2.22. The first-order valence-electron chi connectivity index (χ1n) is 7.13. The van der Waals surface area contributed by atoms with Gasteiger partial charge in [-0.05, 0) is 43.0 Å². The van der Waals surface area contributed by atoms with Crippen molar-refractivity contribution in [2.24, 2.45) is 11.8 Å². The molecule has 0 radical (unpaired) electrons. The van der Waals surface area contributed by atoms with E-state index in [4.69, 9.17) is 28.3 Å². The molecule has 1 aromatic rings. The van der Waals surface area contributed by atoms with Gasteiger partial charge in [0.05, 0.1) is 5.92 Å². The number of hydrogen-bond donors (Lipinski definition) is 3. The molecule has 6 nitrogen and oxygen atoms in total. The van der Waals surface area contributed by atoms with Gasteiger partial charge in [0.25, 0.3) is 5.91 Å². The van der Waals surface area contributed by atoms with Crippen LogP contribution in [0.5, 0.6) is 0 Å². The van der Waals surface area contributed by atoms with Crippen molar-refractivity contribution in [2.75, 3.05) is 0 Å². The maximum Gasteiger partial charge on any atom is 0.322 e. The Kier molecular flexibility index (Phi) is 3.98. The average molecular weight is 357 g/mol. The summed E-state index contributed by atoms with van der Waals surface area (Å²) in [5, 5.41) is 14.9. The van der Waals surface area contributed by atoms with Crippen LogP contribution in [0.3, 0.4) is 0 Å². The molecule has 0 aromatic heterocycles. The lowest BCUT2D eigenvalue weighted by Crippen LogP contribution is -2.50. The fourth-order valence-corrected chi connectivity index (χ4v) is 3.81. The maximum absolute atomic E-state index is 12.3. The van der Waals surface area contributed by atoms with Gasteiger partial charge in [-0.25, -0.2) is 4.79 Å². The van der Waals surface area contributed by atoms with E-state index in [2.05, 4.69) is 10.6 Å². The largest absolute Gasteiger partial charge is 0.481 e. The molecule has 3 unspecified atom stereocenters. The number of halogens is 2. The van der Waals surface area contributed by atoms with E-state index < -0.39 is 35.3 Å². The van der Waals surface area contributed by atoms with Crippen molar-refractivity contribution in [1.29, 1.82) is 0 Å². The van der Waals surface area contributed by atoms with Crippen molar-refractivity contribution in [3.05, 3.63) is 33.8 Å². The zero-order valence-corrected chi connectivity index (χ0v) is 13.4. The smallest absolute Gasteiger partial charge is 0.322 e. The Balaban J connectivity index is 1.81. The summed E-state index contributed by atoms with van der Waals surface area (Å²) in [5.74, 6) is -2.43. The highest BCUT2D eigenvalue weighted by Crippen LogP contribution is 2.49. The summed E-state index contributed by atoms with van der Waals surface area (Å²) in [7, 11) is 0. The first-order valence-corrected chi connectivity index (χ1v) is 7.89. The molecule has 1 saturated heterocycles. The van der Waals surface area contributed by atoms with Crippen LogP contribution in [0.2, 0.25) is 10.0 Å². The van der Waals surface area contributed by atoms with Gasteiger partial charge in [0.1, 0.15) is 5.54 Å². The number of benzene rings is 1. The van der Waals surface area contributed by atoms with Gasteiger partial charge in [0.15, 0.2) is 0 Å². The van der Waals surface area contributed by atoms with Gasteiger partial charge in [-0.15, -0.1) is 0 Å². The van der Waals surface area contributed by atoms with Crippen LogP contribution in [0.1, 0.15) is 18.4 Å². The third-order valence-corrected chi connectivity index (χ3v) is 4.88. The van der Waals surface area contributed by atoms with Crippen molar-refractivity contribution in [3.63, 3.8) is 0 Å². The van der Waals surface area contributed by atoms with E-state index in [1.165, 1.54) is 0 Å². The van der Waals surface area contributed by atoms with E-state index in [1.54, 1.807) is 18.2 Å². The van der Waals surface area contributed by atoms with Crippen LogP contribution in [-0.2, 0) is 16.0 Å². The van der Waals surface area contributed by atoms with Crippen LogP contribution in [0.4, 0.5) is 4.79 Å². The number of hydrogen-bond acceptors (Lipinski definition) is 3. The molecule has 1 aliphatic carbocycles. The molecule has 8 heteroatoms. The molecular weight excluding hydrogens is 343 g/mol. The molecule has 2 aliphatic rings. The Labute approximate surface area is 142 Å². The van der Waals surface area contributed by atoms with Crippen molar-refractivity contribution < 1.29 is 19.5 Å². The third-order valence-electron chi connectivity index (χ3n) is 4.44. The lowest BCUT2D eigenvalue weighted by atomic mass is 9.85. The fraction of sp³-hybridized carbons (Fsp3) is 0.400. The Morgan fingerprint density at radius 3 is 2.39 bits per heavy atom. The monoisotopic (exact) mass is 356 g/mol. The molecule has 1 aliphatic heterocycles. The summed E-state index contributed by atoms with van der Waals surface area (Å²) >= 11 is 11.9. The summed E-state index contributed by atoms with van der Waals surface area (Å²) in [6.45, 7) is 0. The molecule has 3 atom stereocenters. The highest BCUT2D eigenvalue weighted by molar-refractivity contribution is 6.34. The van der Waals surface area contributed by atoms with Crippen molar-refractivity contribution in [2.45, 2.75) is 24.8 Å². The minimum atomic E-state index is -1.19. The standard InChI is InChI=1S/C15H14Cl2N2O4/c16-8-3-7(4-9(17)5-8)1-2-15(11-6-10(11)12(20)21)13(22)18-14(23)19-15/h3-5,10-11H,1-2,6H2,(H,20,21)(H2,18,19,22,23). The summed E-state index contributed by atoms with van der Waals surface area (Å²) < 4.78 is 0. The Hall–Kier alpha value is -1.79. The van der Waals surface area contributed by atoms with Gasteiger partial charge in [0, 0.05) is 16.0 Å². The number of carboxylic acids is 1. The van der Waals surface area contributed by atoms with Crippen LogP contribution in [0.15, 0.2) is 18.2 Å². The fourth-order valence-electron chi connectivity index (χ4n) is 3.24. The third kappa shape index (κ3) is 3.01. The van der Waals surface area contributed by atoms with E-state index in [0.717, 1.165) is 5.56 Å². The maximum atomic E-state index is 12.3. The molecule has 3 N–H and O–H groups in total. The van der Waals surface area contributed by atoms with E-state index >= 15 is 0 Å². The highest BCUT2D eigenvalue weighted by Gasteiger charge is 2.62. The summed E-state index contributed by atoms with van der Waals surface area (Å²) in [6, 6.07) is 4.48. The van der Waals surface area contributed by atoms with Crippen LogP contribution in [0.25, 0.3) is 0 Å². The number of rotatable bonds is 5. The molecule has 23 heavy (non-hydrogen) atoms. The normalized spacial score (nSPS) is 29.1. The molecule has 3 rings (SSSR count). The van der Waals surface area contributed by atoms with Crippen LogP contribution >= 0.6 is 23.2 Å². The lowest BCUT2D eigenvalue weighted by molar-refractivity contribution is -0.139. The molecule has 1 saturated carbocycles. The molecule has 0 bridgehead atoms. The molecule has 0 spiro atoms. The van der Waals surface area contributed by atoms with E-state index in [9.17, 15) is 14.4 Å². The molecular formula is C15H14Cl2N2O4. The SMILES string of the molecule is O=C1NC(=O)C(CCc2cc(Cl)cc(Cl)c2)(C2CC2C(=O)O)N1. The number of aryl methyl sites for hydroxylation is 1. The van der Waals surface area contributed by atoms with E-state index in [1.807, 2.05) is 0 Å². The van der Waals surface area contributed by atoms with Crippen LogP contribution in [0, 0.1) is 11.8 Å². The van der Waals surface area contributed by atoms with Gasteiger partial charge < -0.3 is 10.4 Å². The zero-order valence-electron chi connectivity index (χ0n) is 11.9. The molecule has 1 aromatic carbocycles. The summed E-state index contributed by atoms with van der Waals surface area (Å²) in [6.07, 6.45) is 1.10. The van der Waals surface area contributed by atoms with E-state index in [0.29, 0.717) is 22.9 Å². The van der Waals surface area contributed by atoms with Gasteiger partial charge in [-0.1, -0.05) is 23.2 Å². The number of carbonyl (C=O) groups excluding carboxylic acids is 2. The molecule has 1 heterocycles. The molecule has 2 fully saturated rings. The predicted molar refractivity (Wildman–Crippen MR) is 83.4 cm³/mol.